The van der Waals surface area contributed by atoms with Gasteiger partial charge in [-0.25, -0.2) is 18.7 Å². The topological polar surface area (TPSA) is 87.6 Å². The summed E-state index contributed by atoms with van der Waals surface area (Å²) in [5.74, 6) is -2.60. The molecule has 0 unspecified atom stereocenters. The molecule has 1 aliphatic heterocycles. The van der Waals surface area contributed by atoms with Crippen molar-refractivity contribution >= 4 is 11.7 Å². The highest BCUT2D eigenvalue weighted by Gasteiger charge is 2.47. The Morgan fingerprint density at radius 3 is 2.53 bits per heavy atom. The molecule has 1 aliphatic rings. The summed E-state index contributed by atoms with van der Waals surface area (Å²) in [6, 6.07) is 2.61. The molecule has 1 saturated heterocycles. The SMILES string of the molecule is C[C@H]1[C@@H](OC(F)(F)F)CN1C(=O)[C@@H](CO)Nc1ncnc(-c2ccc(F)cc2)c1F. The molecular formula is C18H17F5N4O3. The van der Waals surface area contributed by atoms with Crippen LogP contribution in [-0.4, -0.2) is 63.6 Å². The number of likely N-dealkylation sites (tertiary alicyclic amines) is 1. The standard InChI is InChI=1S/C18H17F5N4O3/c1-9-13(30-18(21,22)23)6-27(9)17(29)12(7-28)26-16-14(20)15(24-8-25-16)10-2-4-11(19)5-3-10/h2-5,8-9,12-13,28H,6-7H2,1H3,(H,24,25,26)/t9-,12+,13-/m0/s1. The third-order valence-corrected chi connectivity index (χ3v) is 4.67. The lowest BCUT2D eigenvalue weighted by molar-refractivity contribution is -0.359. The number of ether oxygens (including phenoxy) is 1. The molecule has 7 nitrogen and oxygen atoms in total. The minimum absolute atomic E-state index is 0.160. The molecule has 2 heterocycles. The Labute approximate surface area is 167 Å². The number of amides is 1. The van der Waals surface area contributed by atoms with E-state index in [-0.39, 0.29) is 17.8 Å². The van der Waals surface area contributed by atoms with Gasteiger partial charge in [0, 0.05) is 12.1 Å². The Bertz CT molecular complexity index is 910. The number of aromatic nitrogens is 2. The van der Waals surface area contributed by atoms with Crippen molar-refractivity contribution in [2.24, 2.45) is 0 Å². The fourth-order valence-corrected chi connectivity index (χ4v) is 3.00. The third-order valence-electron chi connectivity index (χ3n) is 4.67. The molecule has 1 fully saturated rings. The number of hydrogen-bond donors (Lipinski definition) is 2. The number of aliphatic hydroxyl groups excluding tert-OH is 1. The molecule has 2 N–H and O–H groups in total. The number of carbonyl (C=O) groups excluding carboxylic acids is 1. The zero-order chi connectivity index (χ0) is 22.1. The van der Waals surface area contributed by atoms with Crippen LogP contribution in [0.2, 0.25) is 0 Å². The van der Waals surface area contributed by atoms with Crippen molar-refractivity contribution in [1.82, 2.24) is 14.9 Å². The highest BCUT2D eigenvalue weighted by Crippen LogP contribution is 2.30. The van der Waals surface area contributed by atoms with Gasteiger partial charge in [-0.1, -0.05) is 0 Å². The third kappa shape index (κ3) is 4.65. The van der Waals surface area contributed by atoms with Crippen LogP contribution in [0.4, 0.5) is 27.8 Å². The quantitative estimate of drug-likeness (QED) is 0.682. The fraction of sp³-hybridized carbons (Fsp3) is 0.389. The summed E-state index contributed by atoms with van der Waals surface area (Å²) >= 11 is 0. The summed E-state index contributed by atoms with van der Waals surface area (Å²) in [5.41, 5.74) is 0.0994. The maximum atomic E-state index is 14.8. The monoisotopic (exact) mass is 432 g/mol. The molecule has 1 aromatic heterocycles. The number of alkyl halides is 3. The fourth-order valence-electron chi connectivity index (χ4n) is 3.00. The Morgan fingerprint density at radius 2 is 1.97 bits per heavy atom. The second kappa shape index (κ2) is 8.48. The summed E-state index contributed by atoms with van der Waals surface area (Å²) in [7, 11) is 0. The number of carbonyl (C=O) groups is 1. The van der Waals surface area contributed by atoms with E-state index in [1.165, 1.54) is 19.1 Å². The van der Waals surface area contributed by atoms with Gasteiger partial charge in [0.1, 0.15) is 30.0 Å². The van der Waals surface area contributed by atoms with E-state index in [9.17, 15) is 31.9 Å². The average Bonchev–Trinajstić information content (AvgIpc) is 2.69. The van der Waals surface area contributed by atoms with Crippen molar-refractivity contribution in [3.8, 4) is 11.3 Å². The second-order valence-electron chi connectivity index (χ2n) is 6.60. The summed E-state index contributed by atoms with van der Waals surface area (Å²) in [5, 5.41) is 12.0. The minimum atomic E-state index is -4.83. The number of rotatable bonds is 6. The van der Waals surface area contributed by atoms with Gasteiger partial charge in [0.05, 0.1) is 12.6 Å². The van der Waals surface area contributed by atoms with E-state index < -0.39 is 54.5 Å². The van der Waals surface area contributed by atoms with Crippen molar-refractivity contribution in [2.45, 2.75) is 31.5 Å². The van der Waals surface area contributed by atoms with Crippen molar-refractivity contribution in [3.05, 3.63) is 42.2 Å². The maximum Gasteiger partial charge on any atom is 0.522 e. The Balaban J connectivity index is 1.73. The van der Waals surface area contributed by atoms with Gasteiger partial charge < -0.3 is 15.3 Å². The lowest BCUT2D eigenvalue weighted by atomic mass is 9.99. The Kier molecular flexibility index (Phi) is 6.17. The number of hydrogen-bond acceptors (Lipinski definition) is 6. The first-order chi connectivity index (χ1) is 14.1. The zero-order valence-corrected chi connectivity index (χ0v) is 15.5. The van der Waals surface area contributed by atoms with Gasteiger partial charge >= 0.3 is 6.36 Å². The second-order valence-corrected chi connectivity index (χ2v) is 6.60. The molecule has 0 bridgehead atoms. The van der Waals surface area contributed by atoms with Gasteiger partial charge in [-0.2, -0.15) is 0 Å². The van der Waals surface area contributed by atoms with Crippen molar-refractivity contribution in [1.29, 1.82) is 0 Å². The highest BCUT2D eigenvalue weighted by atomic mass is 19.4. The van der Waals surface area contributed by atoms with E-state index in [0.29, 0.717) is 0 Å². The van der Waals surface area contributed by atoms with Gasteiger partial charge in [0.15, 0.2) is 11.6 Å². The number of anilines is 1. The van der Waals surface area contributed by atoms with Gasteiger partial charge in [-0.15, -0.1) is 13.2 Å². The predicted octanol–water partition coefficient (Wildman–Crippen LogP) is 2.33. The predicted molar refractivity (Wildman–Crippen MR) is 94.0 cm³/mol. The Morgan fingerprint density at radius 1 is 1.30 bits per heavy atom. The number of benzene rings is 1. The summed E-state index contributed by atoms with van der Waals surface area (Å²) in [4.78, 5) is 21.1. The van der Waals surface area contributed by atoms with Crippen LogP contribution in [0, 0.1) is 11.6 Å². The van der Waals surface area contributed by atoms with Crippen LogP contribution in [0.5, 0.6) is 0 Å². The summed E-state index contributed by atoms with van der Waals surface area (Å²) < 4.78 is 68.8. The normalized spacial score (nSPS) is 19.9. The van der Waals surface area contributed by atoms with E-state index in [1.54, 1.807) is 0 Å². The van der Waals surface area contributed by atoms with Crippen LogP contribution < -0.4 is 5.32 Å². The van der Waals surface area contributed by atoms with Crippen molar-refractivity contribution < 1.29 is 36.6 Å². The largest absolute Gasteiger partial charge is 0.522 e. The number of nitrogens with one attached hydrogen (secondary N) is 1. The van der Waals surface area contributed by atoms with Crippen LogP contribution in [0.15, 0.2) is 30.6 Å². The summed E-state index contributed by atoms with van der Waals surface area (Å²) in [6.45, 7) is 0.275. The number of aliphatic hydroxyl groups is 1. The smallest absolute Gasteiger partial charge is 0.394 e. The first-order valence-electron chi connectivity index (χ1n) is 8.79. The molecule has 0 spiro atoms. The average molecular weight is 432 g/mol. The molecule has 0 radical (unpaired) electrons. The first kappa shape index (κ1) is 21.8. The van der Waals surface area contributed by atoms with E-state index in [0.717, 1.165) is 23.4 Å². The molecule has 3 rings (SSSR count). The lowest BCUT2D eigenvalue weighted by Crippen LogP contribution is -2.65. The molecule has 2 aromatic rings. The zero-order valence-electron chi connectivity index (χ0n) is 15.5. The van der Waals surface area contributed by atoms with Crippen LogP contribution in [0.1, 0.15) is 6.92 Å². The number of halogens is 5. The van der Waals surface area contributed by atoms with E-state index >= 15 is 0 Å². The highest BCUT2D eigenvalue weighted by molar-refractivity contribution is 5.86. The van der Waals surface area contributed by atoms with E-state index in [1.807, 2.05) is 0 Å². The van der Waals surface area contributed by atoms with Crippen LogP contribution >= 0.6 is 0 Å². The number of nitrogens with zero attached hydrogens (tertiary/aromatic N) is 3. The van der Waals surface area contributed by atoms with Gasteiger partial charge in [0.2, 0.25) is 5.91 Å². The van der Waals surface area contributed by atoms with Gasteiger partial charge in [0.25, 0.3) is 0 Å². The van der Waals surface area contributed by atoms with Crippen LogP contribution in [0.25, 0.3) is 11.3 Å². The van der Waals surface area contributed by atoms with E-state index in [4.69, 9.17) is 0 Å². The first-order valence-corrected chi connectivity index (χ1v) is 8.79. The van der Waals surface area contributed by atoms with Crippen molar-refractivity contribution in [3.63, 3.8) is 0 Å². The molecule has 30 heavy (non-hydrogen) atoms. The molecule has 1 aromatic carbocycles. The molecule has 162 valence electrons. The van der Waals surface area contributed by atoms with Gasteiger partial charge in [-0.05, 0) is 31.2 Å². The minimum Gasteiger partial charge on any atom is -0.394 e. The van der Waals surface area contributed by atoms with Crippen molar-refractivity contribution in [2.75, 3.05) is 18.5 Å². The maximum absolute atomic E-state index is 14.8. The molecular weight excluding hydrogens is 415 g/mol. The van der Waals surface area contributed by atoms with Gasteiger partial charge in [-0.3, -0.25) is 9.53 Å². The van der Waals surface area contributed by atoms with Crippen LogP contribution in [-0.2, 0) is 9.53 Å². The molecule has 1 amide bonds. The van der Waals surface area contributed by atoms with Crippen LogP contribution in [0.3, 0.4) is 0 Å². The molecule has 12 heteroatoms. The van der Waals surface area contributed by atoms with E-state index in [2.05, 4.69) is 20.0 Å². The molecule has 0 aliphatic carbocycles. The summed E-state index contributed by atoms with van der Waals surface area (Å²) in [6.07, 6.45) is -5.04. The lowest BCUT2D eigenvalue weighted by Gasteiger charge is -2.46. The Hall–Kier alpha value is -2.86. The molecule has 0 saturated carbocycles. The molecule has 3 atom stereocenters.